The number of hydrogen-bond donors (Lipinski definition) is 1. The summed E-state index contributed by atoms with van der Waals surface area (Å²) in [5, 5.41) is 0. The molecule has 0 saturated heterocycles. The minimum absolute atomic E-state index is 0.110. The van der Waals surface area contributed by atoms with E-state index >= 15 is 0 Å². The lowest BCUT2D eigenvalue weighted by molar-refractivity contribution is 0.416. The largest absolute Gasteiger partial charge is 0.320 e. The molecule has 110 valence electrons. The molecule has 1 fully saturated rings. The molecule has 4 heteroatoms. The van der Waals surface area contributed by atoms with E-state index in [0.717, 1.165) is 11.6 Å². The van der Waals surface area contributed by atoms with E-state index in [0.29, 0.717) is 11.5 Å². The first-order chi connectivity index (χ1) is 10.1. The van der Waals surface area contributed by atoms with Gasteiger partial charge in [-0.15, -0.1) is 0 Å². The van der Waals surface area contributed by atoms with E-state index in [1.165, 1.54) is 24.8 Å². The Hall–Kier alpha value is -1.26. The minimum atomic E-state index is -0.885. The first-order valence-corrected chi connectivity index (χ1v) is 7.86. The summed E-state index contributed by atoms with van der Waals surface area (Å²) in [6, 6.07) is 10.2. The van der Waals surface area contributed by atoms with E-state index in [4.69, 9.17) is 5.73 Å². The molecule has 2 aromatic carbocycles. The molecule has 1 nitrogen and oxygen atoms in total. The Morgan fingerprint density at radius 3 is 2.43 bits per heavy atom. The van der Waals surface area contributed by atoms with Crippen LogP contribution in [0.3, 0.4) is 0 Å². The van der Waals surface area contributed by atoms with Crippen LogP contribution in [0.5, 0.6) is 0 Å². The van der Waals surface area contributed by atoms with E-state index in [-0.39, 0.29) is 4.47 Å². The van der Waals surface area contributed by atoms with Crippen molar-refractivity contribution in [3.8, 4) is 0 Å². The van der Waals surface area contributed by atoms with Crippen LogP contribution in [0.15, 0.2) is 40.9 Å². The molecule has 0 spiro atoms. The van der Waals surface area contributed by atoms with Crippen molar-refractivity contribution in [1.82, 2.24) is 0 Å². The maximum absolute atomic E-state index is 13.7. The van der Waals surface area contributed by atoms with Crippen LogP contribution in [0.2, 0.25) is 0 Å². The van der Waals surface area contributed by atoms with Gasteiger partial charge in [-0.05, 0) is 57.4 Å². The fourth-order valence-corrected chi connectivity index (χ4v) is 3.40. The predicted octanol–water partition coefficient (Wildman–Crippen LogP) is 5.04. The highest BCUT2D eigenvalue weighted by atomic mass is 79.9. The van der Waals surface area contributed by atoms with Crippen LogP contribution in [-0.4, -0.2) is 0 Å². The number of hydrogen-bond acceptors (Lipinski definition) is 1. The zero-order valence-electron chi connectivity index (χ0n) is 11.5. The average molecular weight is 352 g/mol. The van der Waals surface area contributed by atoms with E-state index in [1.54, 1.807) is 6.07 Å². The third-order valence-electron chi connectivity index (χ3n) is 4.28. The van der Waals surface area contributed by atoms with Crippen LogP contribution < -0.4 is 5.73 Å². The molecule has 21 heavy (non-hydrogen) atoms. The van der Waals surface area contributed by atoms with Crippen molar-refractivity contribution in [2.24, 2.45) is 5.73 Å². The van der Waals surface area contributed by atoms with Crippen LogP contribution in [0.4, 0.5) is 8.78 Å². The summed E-state index contributed by atoms with van der Waals surface area (Å²) in [4.78, 5) is 0. The molecule has 0 aliphatic heterocycles. The topological polar surface area (TPSA) is 26.0 Å². The van der Waals surface area contributed by atoms with E-state index in [9.17, 15) is 8.78 Å². The first-order valence-electron chi connectivity index (χ1n) is 7.07. The SMILES string of the molecule is NC(c1ccccc1C1CCC1)c1ccc(F)c(F)c1Br. The van der Waals surface area contributed by atoms with E-state index in [1.807, 2.05) is 18.2 Å². The number of benzene rings is 2. The smallest absolute Gasteiger partial charge is 0.173 e. The number of nitrogens with two attached hydrogens (primary N) is 1. The molecule has 1 atom stereocenters. The van der Waals surface area contributed by atoms with Gasteiger partial charge >= 0.3 is 0 Å². The van der Waals surface area contributed by atoms with Crippen LogP contribution in [0, 0.1) is 11.6 Å². The summed E-state index contributed by atoms with van der Waals surface area (Å²) in [7, 11) is 0. The Kier molecular flexibility index (Phi) is 4.09. The van der Waals surface area contributed by atoms with Crippen LogP contribution in [-0.2, 0) is 0 Å². The third kappa shape index (κ3) is 2.62. The zero-order chi connectivity index (χ0) is 15.0. The van der Waals surface area contributed by atoms with Gasteiger partial charge in [-0.25, -0.2) is 8.78 Å². The molecule has 1 saturated carbocycles. The van der Waals surface area contributed by atoms with Gasteiger partial charge in [-0.1, -0.05) is 36.8 Å². The molecule has 2 aromatic rings. The predicted molar refractivity (Wildman–Crippen MR) is 83.1 cm³/mol. The number of rotatable bonds is 3. The van der Waals surface area contributed by atoms with Gasteiger partial charge < -0.3 is 5.73 Å². The Morgan fingerprint density at radius 1 is 1.05 bits per heavy atom. The lowest BCUT2D eigenvalue weighted by Gasteiger charge is -2.30. The van der Waals surface area contributed by atoms with Crippen molar-refractivity contribution < 1.29 is 8.78 Å². The first kappa shape index (κ1) is 14.7. The van der Waals surface area contributed by atoms with Crippen molar-refractivity contribution in [1.29, 1.82) is 0 Å². The molecule has 1 aliphatic carbocycles. The summed E-state index contributed by atoms with van der Waals surface area (Å²) in [5.74, 6) is -1.22. The molecule has 0 bridgehead atoms. The van der Waals surface area contributed by atoms with Gasteiger partial charge in [0.15, 0.2) is 11.6 Å². The van der Waals surface area contributed by atoms with E-state index < -0.39 is 17.7 Å². The second kappa shape index (κ2) is 5.85. The van der Waals surface area contributed by atoms with Crippen LogP contribution in [0.25, 0.3) is 0 Å². The van der Waals surface area contributed by atoms with Gasteiger partial charge in [-0.2, -0.15) is 0 Å². The molecule has 2 N–H and O–H groups in total. The Balaban J connectivity index is 2.03. The van der Waals surface area contributed by atoms with Gasteiger partial charge in [0.2, 0.25) is 0 Å². The standard InChI is InChI=1S/C17H16BrF2N/c18-15-13(8-9-14(19)16(15)20)17(21)12-7-2-1-6-11(12)10-4-3-5-10/h1-2,6-10,17H,3-5,21H2. The summed E-state index contributed by atoms with van der Waals surface area (Å²) in [5.41, 5.74) is 9.13. The molecule has 0 amide bonds. The lowest BCUT2D eigenvalue weighted by atomic mass is 9.76. The second-order valence-corrected chi connectivity index (χ2v) is 6.29. The van der Waals surface area contributed by atoms with Gasteiger partial charge in [0.25, 0.3) is 0 Å². The average Bonchev–Trinajstić information content (AvgIpc) is 2.43. The Bertz CT molecular complexity index is 668. The molecule has 1 unspecified atom stereocenters. The van der Waals surface area contributed by atoms with E-state index in [2.05, 4.69) is 22.0 Å². The zero-order valence-corrected chi connectivity index (χ0v) is 13.0. The Morgan fingerprint density at radius 2 is 1.76 bits per heavy atom. The fraction of sp³-hybridized carbons (Fsp3) is 0.294. The maximum Gasteiger partial charge on any atom is 0.173 e. The quantitative estimate of drug-likeness (QED) is 0.770. The van der Waals surface area contributed by atoms with Gasteiger partial charge in [0, 0.05) is 0 Å². The molecule has 0 aromatic heterocycles. The van der Waals surface area contributed by atoms with Gasteiger partial charge in [0.05, 0.1) is 10.5 Å². The molecular formula is C17H16BrF2N. The fourth-order valence-electron chi connectivity index (χ4n) is 2.83. The summed E-state index contributed by atoms with van der Waals surface area (Å²) in [6.45, 7) is 0. The molecule has 0 heterocycles. The summed E-state index contributed by atoms with van der Waals surface area (Å²) >= 11 is 3.13. The van der Waals surface area contributed by atoms with Crippen molar-refractivity contribution in [3.05, 3.63) is 69.2 Å². The van der Waals surface area contributed by atoms with Crippen LogP contribution in [0.1, 0.15) is 47.9 Å². The monoisotopic (exact) mass is 351 g/mol. The van der Waals surface area contributed by atoms with Crippen molar-refractivity contribution in [2.45, 2.75) is 31.2 Å². The summed E-state index contributed by atoms with van der Waals surface area (Å²) in [6.07, 6.45) is 3.58. The lowest BCUT2D eigenvalue weighted by Crippen LogP contribution is -2.19. The summed E-state index contributed by atoms with van der Waals surface area (Å²) < 4.78 is 27.1. The highest BCUT2D eigenvalue weighted by molar-refractivity contribution is 9.10. The molecule has 1 aliphatic rings. The minimum Gasteiger partial charge on any atom is -0.320 e. The second-order valence-electron chi connectivity index (χ2n) is 5.50. The highest BCUT2D eigenvalue weighted by Crippen LogP contribution is 2.41. The molecular weight excluding hydrogens is 336 g/mol. The van der Waals surface area contributed by atoms with Gasteiger partial charge in [-0.3, -0.25) is 0 Å². The third-order valence-corrected chi connectivity index (χ3v) is 5.08. The van der Waals surface area contributed by atoms with Crippen molar-refractivity contribution >= 4 is 15.9 Å². The highest BCUT2D eigenvalue weighted by Gasteiger charge is 2.25. The Labute approximate surface area is 131 Å². The normalized spacial score (nSPS) is 16.6. The van der Waals surface area contributed by atoms with Gasteiger partial charge in [0.1, 0.15) is 0 Å². The van der Waals surface area contributed by atoms with Crippen molar-refractivity contribution in [3.63, 3.8) is 0 Å². The number of halogens is 3. The van der Waals surface area contributed by atoms with Crippen molar-refractivity contribution in [2.75, 3.05) is 0 Å². The maximum atomic E-state index is 13.7. The van der Waals surface area contributed by atoms with Crippen LogP contribution >= 0.6 is 15.9 Å². The molecule has 3 rings (SSSR count). The molecule has 0 radical (unpaired) electrons.